The van der Waals surface area contributed by atoms with E-state index in [1.165, 1.54) is 34.3 Å². The summed E-state index contributed by atoms with van der Waals surface area (Å²) in [6.07, 6.45) is 4.76. The molecule has 0 aliphatic carbocycles. The van der Waals surface area contributed by atoms with E-state index in [4.69, 9.17) is 5.21 Å². The minimum absolute atomic E-state index is 0.262. The molecule has 150 valence electrons. The van der Waals surface area contributed by atoms with Gasteiger partial charge in [0.2, 0.25) is 0 Å². The highest BCUT2D eigenvalue weighted by Gasteiger charge is 2.30. The van der Waals surface area contributed by atoms with Gasteiger partial charge in [-0.15, -0.1) is 0 Å². The molecule has 0 saturated carbocycles. The molecule has 1 aliphatic heterocycles. The number of benzene rings is 2. The standard InChI is InChI=1S/C23H24FN3O2/c1-15-23(18-5-2-3-6-20(18)25-15)21-7-4-12-27(21)14-17-10-8-16(13-19(17)24)9-11-22(28)26-29/h2-3,5-6,8-11,13,21,25,29H,4,7,12,14H2,1H3,(H,26,28)/b11-9+. The fraction of sp³-hybridized carbons (Fsp3) is 0.261. The number of H-pyrrole nitrogens is 1. The second-order valence-corrected chi connectivity index (χ2v) is 7.50. The third-order valence-corrected chi connectivity index (χ3v) is 5.63. The number of rotatable bonds is 5. The van der Waals surface area contributed by atoms with Crippen molar-refractivity contribution >= 4 is 22.9 Å². The highest BCUT2D eigenvalue weighted by atomic mass is 19.1. The lowest BCUT2D eigenvalue weighted by Gasteiger charge is -2.25. The molecular weight excluding hydrogens is 369 g/mol. The van der Waals surface area contributed by atoms with Crippen LogP contribution in [0.3, 0.4) is 0 Å². The molecule has 6 heteroatoms. The van der Waals surface area contributed by atoms with Crippen molar-refractivity contribution in [2.75, 3.05) is 6.54 Å². The highest BCUT2D eigenvalue weighted by molar-refractivity contribution is 5.90. The van der Waals surface area contributed by atoms with E-state index in [-0.39, 0.29) is 11.9 Å². The van der Waals surface area contributed by atoms with E-state index in [2.05, 4.69) is 35.0 Å². The molecule has 29 heavy (non-hydrogen) atoms. The lowest BCUT2D eigenvalue weighted by molar-refractivity contribution is -0.124. The Morgan fingerprint density at radius 2 is 2.17 bits per heavy atom. The summed E-state index contributed by atoms with van der Waals surface area (Å²) in [5.41, 5.74) is 6.35. The van der Waals surface area contributed by atoms with Crippen LogP contribution in [0.1, 0.15) is 41.3 Å². The monoisotopic (exact) mass is 393 g/mol. The number of aromatic amines is 1. The number of hydrogen-bond donors (Lipinski definition) is 3. The predicted octanol–water partition coefficient (Wildman–Crippen LogP) is 4.47. The number of hydrogen-bond acceptors (Lipinski definition) is 3. The highest BCUT2D eigenvalue weighted by Crippen LogP contribution is 2.39. The Hall–Kier alpha value is -2.96. The van der Waals surface area contributed by atoms with Gasteiger partial charge in [-0.25, -0.2) is 9.87 Å². The minimum Gasteiger partial charge on any atom is -0.358 e. The van der Waals surface area contributed by atoms with Crippen molar-refractivity contribution in [1.82, 2.24) is 15.4 Å². The summed E-state index contributed by atoms with van der Waals surface area (Å²) in [7, 11) is 0. The Balaban J connectivity index is 1.57. The summed E-state index contributed by atoms with van der Waals surface area (Å²) in [5, 5.41) is 9.77. The number of para-hydroxylation sites is 1. The Morgan fingerprint density at radius 3 is 2.97 bits per heavy atom. The number of nitrogens with one attached hydrogen (secondary N) is 2. The first kappa shape index (κ1) is 19.4. The minimum atomic E-state index is -0.650. The van der Waals surface area contributed by atoms with Crippen LogP contribution in [0.15, 0.2) is 48.5 Å². The van der Waals surface area contributed by atoms with Gasteiger partial charge in [-0.1, -0.05) is 30.3 Å². The number of fused-ring (bicyclic) bond motifs is 1. The van der Waals surface area contributed by atoms with Crippen LogP contribution < -0.4 is 5.48 Å². The van der Waals surface area contributed by atoms with Gasteiger partial charge in [0.15, 0.2) is 0 Å². The van der Waals surface area contributed by atoms with Gasteiger partial charge in [0.05, 0.1) is 0 Å². The fourth-order valence-electron chi connectivity index (χ4n) is 4.29. The third-order valence-electron chi connectivity index (χ3n) is 5.63. The number of carbonyl (C=O) groups excluding carboxylic acids is 1. The summed E-state index contributed by atoms with van der Waals surface area (Å²) >= 11 is 0. The van der Waals surface area contributed by atoms with Crippen molar-refractivity contribution in [3.05, 3.63) is 76.7 Å². The van der Waals surface area contributed by atoms with Crippen LogP contribution in [0, 0.1) is 12.7 Å². The normalized spacial score (nSPS) is 17.4. The molecule has 4 rings (SSSR count). The third kappa shape index (κ3) is 3.95. The lowest BCUT2D eigenvalue weighted by Crippen LogP contribution is -2.23. The average molecular weight is 393 g/mol. The van der Waals surface area contributed by atoms with E-state index in [1.807, 2.05) is 6.07 Å². The van der Waals surface area contributed by atoms with Crippen LogP contribution in [-0.4, -0.2) is 27.5 Å². The second kappa shape index (κ2) is 8.19. The van der Waals surface area contributed by atoms with Gasteiger partial charge in [-0.2, -0.15) is 0 Å². The molecule has 0 spiro atoms. The van der Waals surface area contributed by atoms with Crippen molar-refractivity contribution < 1.29 is 14.4 Å². The van der Waals surface area contributed by atoms with Gasteiger partial charge in [0, 0.05) is 40.8 Å². The zero-order valence-electron chi connectivity index (χ0n) is 16.3. The molecule has 1 unspecified atom stereocenters. The number of hydroxylamine groups is 1. The van der Waals surface area contributed by atoms with Crippen molar-refractivity contribution in [3.63, 3.8) is 0 Å². The van der Waals surface area contributed by atoms with E-state index in [9.17, 15) is 9.18 Å². The molecule has 1 amide bonds. The number of amides is 1. The topological polar surface area (TPSA) is 68.4 Å². The molecule has 2 heterocycles. The molecular formula is C23H24FN3O2. The first-order valence-electron chi connectivity index (χ1n) is 9.78. The number of carbonyl (C=O) groups is 1. The van der Waals surface area contributed by atoms with Crippen LogP contribution in [0.2, 0.25) is 0 Å². The molecule has 1 aromatic heterocycles. The average Bonchev–Trinajstić information content (AvgIpc) is 3.30. The summed E-state index contributed by atoms with van der Waals surface area (Å²) in [6.45, 7) is 3.58. The van der Waals surface area contributed by atoms with Crippen LogP contribution in [0.4, 0.5) is 4.39 Å². The summed E-state index contributed by atoms with van der Waals surface area (Å²) in [6, 6.07) is 13.6. The van der Waals surface area contributed by atoms with Crippen molar-refractivity contribution in [1.29, 1.82) is 0 Å². The Labute approximate surface area is 168 Å². The first-order chi connectivity index (χ1) is 14.1. The summed E-state index contributed by atoms with van der Waals surface area (Å²) in [4.78, 5) is 16.9. The molecule has 1 saturated heterocycles. The van der Waals surface area contributed by atoms with Crippen molar-refractivity contribution in [2.45, 2.75) is 32.4 Å². The molecule has 0 radical (unpaired) electrons. The maximum atomic E-state index is 14.7. The summed E-state index contributed by atoms with van der Waals surface area (Å²) < 4.78 is 14.7. The van der Waals surface area contributed by atoms with Crippen LogP contribution in [0.25, 0.3) is 17.0 Å². The van der Waals surface area contributed by atoms with Gasteiger partial charge in [-0.05, 0) is 55.6 Å². The zero-order valence-corrected chi connectivity index (χ0v) is 16.3. The first-order valence-corrected chi connectivity index (χ1v) is 9.78. The molecule has 2 aromatic carbocycles. The largest absolute Gasteiger partial charge is 0.358 e. The van der Waals surface area contributed by atoms with E-state index < -0.39 is 5.91 Å². The number of aromatic nitrogens is 1. The molecule has 3 N–H and O–H groups in total. The Morgan fingerprint density at radius 1 is 1.34 bits per heavy atom. The van der Waals surface area contributed by atoms with Crippen LogP contribution in [-0.2, 0) is 11.3 Å². The van der Waals surface area contributed by atoms with Crippen molar-refractivity contribution in [2.24, 2.45) is 0 Å². The lowest BCUT2D eigenvalue weighted by atomic mass is 10.0. The fourth-order valence-corrected chi connectivity index (χ4v) is 4.29. The number of likely N-dealkylation sites (tertiary alicyclic amines) is 1. The smallest absolute Gasteiger partial charge is 0.267 e. The van der Waals surface area contributed by atoms with E-state index in [0.717, 1.165) is 31.0 Å². The second-order valence-electron chi connectivity index (χ2n) is 7.50. The zero-order chi connectivity index (χ0) is 20.4. The number of halogens is 1. The van der Waals surface area contributed by atoms with Crippen LogP contribution >= 0.6 is 0 Å². The summed E-state index contributed by atoms with van der Waals surface area (Å²) in [5.74, 6) is -0.943. The molecule has 1 atom stereocenters. The van der Waals surface area contributed by atoms with Gasteiger partial charge < -0.3 is 4.98 Å². The molecule has 5 nitrogen and oxygen atoms in total. The maximum absolute atomic E-state index is 14.7. The van der Waals surface area contributed by atoms with E-state index in [1.54, 1.807) is 12.1 Å². The van der Waals surface area contributed by atoms with Crippen molar-refractivity contribution in [3.8, 4) is 0 Å². The predicted molar refractivity (Wildman–Crippen MR) is 111 cm³/mol. The molecule has 1 fully saturated rings. The number of aryl methyl sites for hydroxylation is 1. The van der Waals surface area contributed by atoms with Gasteiger partial charge >= 0.3 is 0 Å². The SMILES string of the molecule is Cc1[nH]c2ccccc2c1C1CCCN1Cc1ccc(/C=C/C(=O)NO)cc1F. The van der Waals surface area contributed by atoms with Crippen LogP contribution in [0.5, 0.6) is 0 Å². The van der Waals surface area contributed by atoms with Gasteiger partial charge in [0.1, 0.15) is 5.82 Å². The molecule has 3 aromatic rings. The number of nitrogens with zero attached hydrogens (tertiary/aromatic N) is 1. The Kier molecular flexibility index (Phi) is 5.47. The van der Waals surface area contributed by atoms with E-state index >= 15 is 0 Å². The van der Waals surface area contributed by atoms with Gasteiger partial charge in [0.25, 0.3) is 5.91 Å². The Bertz CT molecular complexity index is 1070. The molecule has 0 bridgehead atoms. The molecule has 1 aliphatic rings. The maximum Gasteiger partial charge on any atom is 0.267 e. The quantitative estimate of drug-likeness (QED) is 0.340. The van der Waals surface area contributed by atoms with E-state index in [0.29, 0.717) is 17.7 Å². The van der Waals surface area contributed by atoms with Gasteiger partial charge in [-0.3, -0.25) is 14.9 Å².